The summed E-state index contributed by atoms with van der Waals surface area (Å²) in [6.07, 6.45) is 2.75. The second-order valence-electron chi connectivity index (χ2n) is 11.5. The first-order valence-corrected chi connectivity index (χ1v) is 18.0. The number of esters is 1. The molecule has 260 valence electrons. The number of nitrogens with zero attached hydrogens (tertiary/aromatic N) is 2. The van der Waals surface area contributed by atoms with E-state index in [-0.39, 0.29) is 61.0 Å². The van der Waals surface area contributed by atoms with Crippen molar-refractivity contribution in [2.75, 3.05) is 20.7 Å². The van der Waals surface area contributed by atoms with Crippen LogP contribution in [-0.2, 0) is 26.7 Å². The number of halogens is 4. The quantitative estimate of drug-likeness (QED) is 0.0774. The van der Waals surface area contributed by atoms with Crippen LogP contribution in [0.3, 0.4) is 0 Å². The van der Waals surface area contributed by atoms with Crippen LogP contribution in [0, 0.1) is 11.1 Å². The first kappa shape index (κ1) is 36.3. The first-order valence-electron chi connectivity index (χ1n) is 14.8. The maximum absolute atomic E-state index is 13.5. The molecule has 0 bridgehead atoms. The third-order valence-corrected chi connectivity index (χ3v) is 11.4. The molecule has 1 atom stereocenters. The van der Waals surface area contributed by atoms with Crippen LogP contribution in [0.5, 0.6) is 11.5 Å². The van der Waals surface area contributed by atoms with Gasteiger partial charge in [-0.1, -0.05) is 41.4 Å². The Balaban J connectivity index is 1.42. The van der Waals surface area contributed by atoms with Gasteiger partial charge in [-0.2, -0.15) is 13.5 Å². The highest BCUT2D eigenvalue weighted by Gasteiger charge is 2.28. The zero-order valence-corrected chi connectivity index (χ0v) is 29.3. The summed E-state index contributed by atoms with van der Waals surface area (Å²) in [6.45, 7) is -2.84. The van der Waals surface area contributed by atoms with Crippen molar-refractivity contribution in [1.29, 1.82) is 0 Å². The van der Waals surface area contributed by atoms with E-state index in [0.29, 0.717) is 32.8 Å². The molecular weight excluding hydrogens is 725 g/mol. The van der Waals surface area contributed by atoms with Gasteiger partial charge in [-0.15, -0.1) is 11.3 Å². The van der Waals surface area contributed by atoms with Gasteiger partial charge in [0.25, 0.3) is 5.91 Å². The largest absolute Gasteiger partial charge is 0.619 e. The highest BCUT2D eigenvalue weighted by atomic mass is 35.5. The van der Waals surface area contributed by atoms with Gasteiger partial charge in [-0.3, -0.25) is 4.79 Å². The zero-order valence-electron chi connectivity index (χ0n) is 26.1. The topological polar surface area (TPSA) is 126 Å². The number of alkyl halides is 2. The Bertz CT molecular complexity index is 1950. The second kappa shape index (κ2) is 15.3. The molecule has 0 aliphatic heterocycles. The number of sulfone groups is 1. The standard InChI is InChI=1S/C33H30Cl2F2N2O8S2/c1-38(2)31(40)22-5-3-4-20(12-22)18-49(43,44)30-11-10-29(48-30)32(41)46-27(14-23-24(34)15-39(42)16-25(23)35)21-8-9-26(47-33(36)37)28(13-21)45-17-19-6-7-19/h3-5,8-13,15-16,19,27,33H,6-7,14,17-18H2,1-2H3/t27-/m0/s1. The summed E-state index contributed by atoms with van der Waals surface area (Å²) < 4.78 is 69.6. The van der Waals surface area contributed by atoms with Gasteiger partial charge in [0, 0.05) is 31.6 Å². The average molecular weight is 756 g/mol. The Morgan fingerprint density at radius 2 is 1.76 bits per heavy atom. The van der Waals surface area contributed by atoms with Crippen LogP contribution in [0.4, 0.5) is 8.78 Å². The van der Waals surface area contributed by atoms with Gasteiger partial charge in [0.15, 0.2) is 33.7 Å². The lowest BCUT2D eigenvalue weighted by Crippen LogP contribution is -2.25. The van der Waals surface area contributed by atoms with Gasteiger partial charge >= 0.3 is 12.6 Å². The van der Waals surface area contributed by atoms with Crippen LogP contribution in [-0.4, -0.2) is 52.5 Å². The maximum atomic E-state index is 13.5. The second-order valence-corrected chi connectivity index (χ2v) is 15.6. The van der Waals surface area contributed by atoms with Crippen LogP contribution < -0.4 is 14.2 Å². The number of carbonyl (C=O) groups is 2. The fourth-order valence-electron chi connectivity index (χ4n) is 4.79. The number of amides is 1. The van der Waals surface area contributed by atoms with Crippen LogP contribution in [0.25, 0.3) is 0 Å². The molecule has 1 fully saturated rings. The predicted octanol–water partition coefficient (Wildman–Crippen LogP) is 6.90. The Kier molecular flexibility index (Phi) is 11.3. The lowest BCUT2D eigenvalue weighted by Gasteiger charge is -2.21. The molecule has 1 aliphatic carbocycles. The summed E-state index contributed by atoms with van der Waals surface area (Å²) in [5.74, 6) is -1.50. The number of ether oxygens (including phenoxy) is 3. The van der Waals surface area contributed by atoms with Crippen molar-refractivity contribution in [1.82, 2.24) is 4.90 Å². The van der Waals surface area contributed by atoms with Crippen LogP contribution in [0.1, 0.15) is 55.7 Å². The fourth-order valence-corrected chi connectivity index (χ4v) is 8.00. The minimum Gasteiger partial charge on any atom is -0.619 e. The molecule has 0 saturated heterocycles. The van der Waals surface area contributed by atoms with Crippen molar-refractivity contribution >= 4 is 56.3 Å². The molecule has 5 rings (SSSR count). The van der Waals surface area contributed by atoms with Gasteiger partial charge in [-0.05, 0) is 66.3 Å². The third-order valence-electron chi connectivity index (χ3n) is 7.45. The summed E-state index contributed by atoms with van der Waals surface area (Å²) in [5.41, 5.74) is 1.30. The van der Waals surface area contributed by atoms with Crippen molar-refractivity contribution in [3.63, 3.8) is 0 Å². The van der Waals surface area contributed by atoms with Crippen LogP contribution in [0.15, 0.2) is 71.2 Å². The summed E-state index contributed by atoms with van der Waals surface area (Å²) in [4.78, 5) is 27.2. The molecular formula is C33H30Cl2F2N2O8S2. The van der Waals surface area contributed by atoms with E-state index < -0.39 is 34.3 Å². The molecule has 1 aliphatic rings. The molecule has 4 aromatic rings. The first-order chi connectivity index (χ1) is 23.2. The molecule has 1 amide bonds. The minimum atomic E-state index is -3.93. The van der Waals surface area contributed by atoms with Gasteiger partial charge in [0.1, 0.15) is 25.2 Å². The minimum absolute atomic E-state index is 0.00716. The summed E-state index contributed by atoms with van der Waals surface area (Å²) in [7, 11) is -0.757. The number of thiophene rings is 1. The molecule has 0 radical (unpaired) electrons. The van der Waals surface area contributed by atoms with Crippen molar-refractivity contribution in [3.05, 3.63) is 109 Å². The summed E-state index contributed by atoms with van der Waals surface area (Å²) in [6, 6.07) is 13.0. The number of rotatable bonds is 14. The molecule has 2 aromatic heterocycles. The Hall–Kier alpha value is -3.98. The number of hydrogen-bond donors (Lipinski definition) is 0. The average Bonchev–Trinajstić information content (AvgIpc) is 3.72. The molecule has 1 saturated carbocycles. The summed E-state index contributed by atoms with van der Waals surface area (Å²) in [5, 5.41) is 11.8. The maximum Gasteiger partial charge on any atom is 0.387 e. The van der Waals surface area contributed by atoms with E-state index in [1.807, 2.05) is 0 Å². The van der Waals surface area contributed by atoms with E-state index in [9.17, 15) is 32.0 Å². The zero-order chi connectivity index (χ0) is 35.5. The highest BCUT2D eigenvalue weighted by molar-refractivity contribution is 7.92. The molecule has 2 heterocycles. The number of benzene rings is 2. The summed E-state index contributed by atoms with van der Waals surface area (Å²) >= 11 is 13.4. The SMILES string of the molecule is CN(C)C(=O)c1cccc(CS(=O)(=O)c2ccc(C(=O)O[C@@H](Cc3c(Cl)c[n+]([O-])cc3Cl)c3ccc(OC(F)F)c(OCC4CC4)c3)s2)c1. The molecule has 16 heteroatoms. The Labute approximate surface area is 295 Å². The molecule has 0 N–H and O–H groups in total. The molecule has 0 unspecified atom stereocenters. The normalized spacial score (nSPS) is 13.6. The van der Waals surface area contributed by atoms with Gasteiger partial charge in [0.05, 0.1) is 12.4 Å². The van der Waals surface area contributed by atoms with Gasteiger partial charge in [0.2, 0.25) is 0 Å². The molecule has 49 heavy (non-hydrogen) atoms. The highest BCUT2D eigenvalue weighted by Crippen LogP contribution is 2.38. The third kappa shape index (κ3) is 9.38. The van der Waals surface area contributed by atoms with Crippen molar-refractivity contribution in [2.24, 2.45) is 5.92 Å². The Morgan fingerprint density at radius 1 is 1.04 bits per heavy atom. The fraction of sp³-hybridized carbons (Fsp3) is 0.303. The van der Waals surface area contributed by atoms with Crippen LogP contribution >= 0.6 is 34.5 Å². The van der Waals surface area contributed by atoms with Gasteiger partial charge < -0.3 is 24.3 Å². The smallest absolute Gasteiger partial charge is 0.387 e. The van der Waals surface area contributed by atoms with E-state index in [1.165, 1.54) is 41.3 Å². The Morgan fingerprint density at radius 3 is 2.41 bits per heavy atom. The lowest BCUT2D eigenvalue weighted by molar-refractivity contribution is -0.605. The van der Waals surface area contributed by atoms with E-state index in [0.717, 1.165) is 25.2 Å². The number of carbonyl (C=O) groups excluding carboxylic acids is 2. The van der Waals surface area contributed by atoms with E-state index in [1.54, 1.807) is 32.3 Å². The van der Waals surface area contributed by atoms with E-state index >= 15 is 0 Å². The molecule has 2 aromatic carbocycles. The number of hydrogen-bond acceptors (Lipinski definition) is 9. The van der Waals surface area contributed by atoms with Crippen molar-refractivity contribution in [2.45, 2.75) is 41.9 Å². The lowest BCUT2D eigenvalue weighted by atomic mass is 10.0. The number of pyridine rings is 1. The molecule has 0 spiro atoms. The predicted molar refractivity (Wildman–Crippen MR) is 178 cm³/mol. The van der Waals surface area contributed by atoms with Crippen molar-refractivity contribution in [3.8, 4) is 11.5 Å². The van der Waals surface area contributed by atoms with Gasteiger partial charge in [-0.25, -0.2) is 13.2 Å². The van der Waals surface area contributed by atoms with E-state index in [2.05, 4.69) is 4.74 Å². The van der Waals surface area contributed by atoms with Crippen LogP contribution in [0.2, 0.25) is 10.0 Å². The van der Waals surface area contributed by atoms with Crippen molar-refractivity contribution < 1.29 is 45.7 Å². The number of aromatic nitrogens is 1. The molecule has 10 nitrogen and oxygen atoms in total. The monoisotopic (exact) mass is 754 g/mol. The van der Waals surface area contributed by atoms with E-state index in [4.69, 9.17) is 32.7 Å².